The van der Waals surface area contributed by atoms with Gasteiger partial charge in [0.05, 0.1) is 17.6 Å². The van der Waals surface area contributed by atoms with E-state index in [-0.39, 0.29) is 31.0 Å². The van der Waals surface area contributed by atoms with Crippen LogP contribution in [0.15, 0.2) is 71.8 Å². The zero-order valence-corrected chi connectivity index (χ0v) is 15.0. The minimum Gasteiger partial charge on any atom is -0.354 e. The second kappa shape index (κ2) is 9.22. The fourth-order valence-electron chi connectivity index (χ4n) is 2.49. The second-order valence-electron chi connectivity index (χ2n) is 5.97. The van der Waals surface area contributed by atoms with Gasteiger partial charge in [0.2, 0.25) is 11.8 Å². The van der Waals surface area contributed by atoms with Gasteiger partial charge in [0.15, 0.2) is 0 Å². The maximum atomic E-state index is 12.1. The molecule has 0 aliphatic heterocycles. The summed E-state index contributed by atoms with van der Waals surface area (Å²) in [6.45, 7) is -0.0677. The van der Waals surface area contributed by atoms with Gasteiger partial charge < -0.3 is 10.6 Å². The summed E-state index contributed by atoms with van der Waals surface area (Å²) in [6.07, 6.45) is 3.25. The lowest BCUT2D eigenvalue weighted by atomic mass is 10.1. The molecule has 0 aliphatic carbocycles. The minimum atomic E-state index is -0.394. The van der Waals surface area contributed by atoms with Gasteiger partial charge in [-0.3, -0.25) is 19.4 Å². The molecule has 8 nitrogen and oxygen atoms in total. The van der Waals surface area contributed by atoms with Crippen LogP contribution in [0.25, 0.3) is 11.3 Å². The van der Waals surface area contributed by atoms with Gasteiger partial charge in [0.25, 0.3) is 5.56 Å². The van der Waals surface area contributed by atoms with Gasteiger partial charge in [-0.25, -0.2) is 4.68 Å². The van der Waals surface area contributed by atoms with Crippen molar-refractivity contribution < 1.29 is 9.59 Å². The molecule has 0 fully saturated rings. The van der Waals surface area contributed by atoms with E-state index >= 15 is 0 Å². The smallest absolute Gasteiger partial charge is 0.267 e. The van der Waals surface area contributed by atoms with E-state index < -0.39 is 5.91 Å². The summed E-state index contributed by atoms with van der Waals surface area (Å²) < 4.78 is 1.10. The van der Waals surface area contributed by atoms with Crippen molar-refractivity contribution in [3.63, 3.8) is 0 Å². The van der Waals surface area contributed by atoms with Crippen LogP contribution in [-0.4, -0.2) is 33.1 Å². The summed E-state index contributed by atoms with van der Waals surface area (Å²) in [5.41, 5.74) is 1.67. The third-order valence-corrected chi connectivity index (χ3v) is 3.85. The van der Waals surface area contributed by atoms with Crippen LogP contribution in [0.3, 0.4) is 0 Å². The van der Waals surface area contributed by atoms with E-state index in [0.717, 1.165) is 10.2 Å². The Balaban J connectivity index is 1.52. The van der Waals surface area contributed by atoms with E-state index in [9.17, 15) is 14.4 Å². The second-order valence-corrected chi connectivity index (χ2v) is 5.97. The number of rotatable bonds is 7. The van der Waals surface area contributed by atoms with Crippen molar-refractivity contribution in [3.8, 4) is 11.3 Å². The summed E-state index contributed by atoms with van der Waals surface area (Å²) in [4.78, 5) is 39.8. The molecule has 2 N–H and O–H groups in total. The molecule has 0 spiro atoms. The Labute approximate surface area is 161 Å². The Morgan fingerprint density at radius 1 is 0.964 bits per heavy atom. The zero-order valence-electron chi connectivity index (χ0n) is 15.0. The average molecular weight is 377 g/mol. The monoisotopic (exact) mass is 377 g/mol. The quantitative estimate of drug-likeness (QED) is 0.648. The predicted octanol–water partition coefficient (Wildman–Crippen LogP) is 1.45. The molecule has 3 rings (SSSR count). The van der Waals surface area contributed by atoms with Crippen molar-refractivity contribution >= 4 is 17.5 Å². The fraction of sp³-hybridized carbons (Fsp3) is 0.150. The largest absolute Gasteiger partial charge is 0.354 e. The van der Waals surface area contributed by atoms with E-state index in [1.54, 1.807) is 24.4 Å². The summed E-state index contributed by atoms with van der Waals surface area (Å²) in [6, 6.07) is 15.8. The predicted molar refractivity (Wildman–Crippen MR) is 104 cm³/mol. The van der Waals surface area contributed by atoms with Gasteiger partial charge in [-0.1, -0.05) is 30.3 Å². The third kappa shape index (κ3) is 5.34. The summed E-state index contributed by atoms with van der Waals surface area (Å²) >= 11 is 0. The lowest BCUT2D eigenvalue weighted by Crippen LogP contribution is -2.35. The van der Waals surface area contributed by atoms with Crippen molar-refractivity contribution in [3.05, 3.63) is 77.3 Å². The zero-order chi connectivity index (χ0) is 19.8. The summed E-state index contributed by atoms with van der Waals surface area (Å²) in [5.74, 6) is -0.636. The van der Waals surface area contributed by atoms with Gasteiger partial charge in [0, 0.05) is 30.8 Å². The van der Waals surface area contributed by atoms with E-state index in [1.165, 1.54) is 12.3 Å². The van der Waals surface area contributed by atoms with E-state index in [4.69, 9.17) is 0 Å². The highest BCUT2D eigenvalue weighted by Crippen LogP contribution is 2.13. The molecule has 142 valence electrons. The lowest BCUT2D eigenvalue weighted by Gasteiger charge is -2.08. The minimum absolute atomic E-state index is 0.104. The molecule has 0 atom stereocenters. The fourth-order valence-corrected chi connectivity index (χ4v) is 2.49. The third-order valence-electron chi connectivity index (χ3n) is 3.85. The molecule has 0 unspecified atom stereocenters. The highest BCUT2D eigenvalue weighted by molar-refractivity contribution is 5.90. The number of pyridine rings is 1. The topological polar surface area (TPSA) is 106 Å². The number of hydrogen-bond acceptors (Lipinski definition) is 5. The average Bonchev–Trinajstić information content (AvgIpc) is 2.71. The van der Waals surface area contributed by atoms with E-state index in [1.807, 2.05) is 30.3 Å². The van der Waals surface area contributed by atoms with Crippen molar-refractivity contribution in [1.29, 1.82) is 0 Å². The molecule has 0 saturated heterocycles. The highest BCUT2D eigenvalue weighted by Gasteiger charge is 2.09. The number of anilines is 1. The molecule has 3 aromatic rings. The standard InChI is InChI=1S/C20H19N5O3/c26-18(23-16-7-4-11-21-13-16)10-12-22-19(27)14-25-20(28)9-8-17(24-25)15-5-2-1-3-6-15/h1-9,11,13H,10,12,14H2,(H,22,27)(H,23,26). The van der Waals surface area contributed by atoms with Crippen molar-refractivity contribution in [1.82, 2.24) is 20.1 Å². The molecule has 0 aliphatic rings. The number of carbonyl (C=O) groups is 2. The molecule has 2 heterocycles. The maximum absolute atomic E-state index is 12.1. The molecule has 28 heavy (non-hydrogen) atoms. The molecule has 0 radical (unpaired) electrons. The molecule has 0 bridgehead atoms. The van der Waals surface area contributed by atoms with Crippen LogP contribution >= 0.6 is 0 Å². The Morgan fingerprint density at radius 2 is 1.79 bits per heavy atom. The van der Waals surface area contributed by atoms with Crippen LogP contribution in [-0.2, 0) is 16.1 Å². The first-order chi connectivity index (χ1) is 13.6. The van der Waals surface area contributed by atoms with Gasteiger partial charge >= 0.3 is 0 Å². The number of nitrogens with one attached hydrogen (secondary N) is 2. The van der Waals surface area contributed by atoms with E-state index in [2.05, 4.69) is 20.7 Å². The summed E-state index contributed by atoms with van der Waals surface area (Å²) in [5, 5.41) is 9.54. The Bertz CT molecular complexity index is 1000. The van der Waals surface area contributed by atoms with Crippen molar-refractivity contribution in [2.75, 3.05) is 11.9 Å². The van der Waals surface area contributed by atoms with Crippen molar-refractivity contribution in [2.24, 2.45) is 0 Å². The van der Waals surface area contributed by atoms with Crippen LogP contribution in [0.5, 0.6) is 0 Å². The number of benzene rings is 1. The molecular formula is C20H19N5O3. The van der Waals surface area contributed by atoms with Gasteiger partial charge in [-0.15, -0.1) is 0 Å². The van der Waals surface area contributed by atoms with Gasteiger partial charge in [0.1, 0.15) is 6.54 Å². The van der Waals surface area contributed by atoms with Crippen LogP contribution in [0.2, 0.25) is 0 Å². The number of nitrogens with zero attached hydrogens (tertiary/aromatic N) is 3. The molecule has 0 saturated carbocycles. The van der Waals surface area contributed by atoms with Gasteiger partial charge in [-0.2, -0.15) is 5.10 Å². The Hall–Kier alpha value is -3.81. The van der Waals surface area contributed by atoms with Crippen LogP contribution in [0, 0.1) is 0 Å². The number of carbonyl (C=O) groups excluding carboxylic acids is 2. The maximum Gasteiger partial charge on any atom is 0.267 e. The number of aromatic nitrogens is 3. The lowest BCUT2D eigenvalue weighted by molar-refractivity contribution is -0.122. The molecule has 2 amide bonds. The van der Waals surface area contributed by atoms with Crippen molar-refractivity contribution in [2.45, 2.75) is 13.0 Å². The number of hydrogen-bond donors (Lipinski definition) is 2. The van der Waals surface area contributed by atoms with Crippen LogP contribution in [0.1, 0.15) is 6.42 Å². The Kier molecular flexibility index (Phi) is 6.25. The van der Waals surface area contributed by atoms with Gasteiger partial charge in [-0.05, 0) is 18.2 Å². The first-order valence-corrected chi connectivity index (χ1v) is 8.72. The molecular weight excluding hydrogens is 358 g/mol. The van der Waals surface area contributed by atoms with Crippen LogP contribution in [0.4, 0.5) is 5.69 Å². The first kappa shape index (κ1) is 19.0. The normalized spacial score (nSPS) is 10.3. The highest BCUT2D eigenvalue weighted by atomic mass is 16.2. The van der Waals surface area contributed by atoms with Crippen LogP contribution < -0.4 is 16.2 Å². The number of amides is 2. The molecule has 1 aromatic carbocycles. The molecule has 2 aromatic heterocycles. The van der Waals surface area contributed by atoms with E-state index in [0.29, 0.717) is 11.4 Å². The SMILES string of the molecule is O=C(Cn1nc(-c2ccccc2)ccc1=O)NCCC(=O)Nc1cccnc1. The molecule has 8 heteroatoms. The first-order valence-electron chi connectivity index (χ1n) is 8.72. The summed E-state index contributed by atoms with van der Waals surface area (Å²) in [7, 11) is 0. The Morgan fingerprint density at radius 3 is 2.54 bits per heavy atom.